The van der Waals surface area contributed by atoms with Crippen LogP contribution in [0.3, 0.4) is 0 Å². The van der Waals surface area contributed by atoms with Gasteiger partial charge in [0.05, 0.1) is 14.9 Å². The lowest BCUT2D eigenvalue weighted by Crippen LogP contribution is -1.96. The molecule has 0 aliphatic heterocycles. The van der Waals surface area contributed by atoms with E-state index in [1.165, 1.54) is 6.07 Å². The number of aromatic carboxylic acids is 1. The van der Waals surface area contributed by atoms with Crippen LogP contribution in [0.1, 0.15) is 10.6 Å². The van der Waals surface area contributed by atoms with Crippen molar-refractivity contribution in [2.24, 2.45) is 0 Å². The fraction of sp³-hybridized carbons (Fsp3) is 0. The first-order chi connectivity index (χ1) is 10.0. The lowest BCUT2D eigenvalue weighted by atomic mass is 10.0. The van der Waals surface area contributed by atoms with E-state index in [1.807, 2.05) is 0 Å². The molecule has 3 aromatic rings. The van der Waals surface area contributed by atoms with Crippen molar-refractivity contribution in [3.8, 4) is 11.1 Å². The van der Waals surface area contributed by atoms with Gasteiger partial charge in [-0.05, 0) is 27.6 Å². The quantitative estimate of drug-likeness (QED) is 0.619. The highest BCUT2D eigenvalue weighted by Gasteiger charge is 2.26. The minimum Gasteiger partial charge on any atom is -0.475 e. The monoisotopic (exact) mass is 368 g/mol. The van der Waals surface area contributed by atoms with E-state index in [4.69, 9.17) is 16.0 Å². The summed E-state index contributed by atoms with van der Waals surface area (Å²) in [6.45, 7) is 0. The van der Waals surface area contributed by atoms with Crippen molar-refractivity contribution in [1.82, 2.24) is 0 Å². The number of carbonyl (C=O) groups is 1. The second-order valence-corrected chi connectivity index (χ2v) is 5.60. The summed E-state index contributed by atoms with van der Waals surface area (Å²) in [5.74, 6) is -2.30. The van der Waals surface area contributed by atoms with Gasteiger partial charge in [0.2, 0.25) is 5.76 Å². The molecular weight excluding hydrogens is 363 g/mol. The number of carboxylic acids is 1. The molecule has 0 spiro atoms. The molecule has 0 saturated heterocycles. The van der Waals surface area contributed by atoms with E-state index in [0.717, 1.165) is 0 Å². The zero-order valence-corrected chi connectivity index (χ0v) is 12.7. The molecule has 2 aromatic carbocycles. The highest BCUT2D eigenvalue weighted by molar-refractivity contribution is 9.10. The maximum atomic E-state index is 14.4. The van der Waals surface area contributed by atoms with Crippen LogP contribution in [0.25, 0.3) is 22.1 Å². The molecular formula is C15H7BrClFO3. The third-order valence-corrected chi connectivity index (χ3v) is 3.93. The van der Waals surface area contributed by atoms with Crippen molar-refractivity contribution < 1.29 is 18.7 Å². The molecule has 0 saturated carbocycles. The maximum Gasteiger partial charge on any atom is 0.372 e. The average Bonchev–Trinajstić information content (AvgIpc) is 2.87. The Labute approximate surface area is 132 Å². The summed E-state index contributed by atoms with van der Waals surface area (Å²) in [5.41, 5.74) is 0.841. The van der Waals surface area contributed by atoms with Crippen LogP contribution in [0.15, 0.2) is 45.3 Å². The number of carboxylic acid groups (broad SMARTS) is 1. The smallest absolute Gasteiger partial charge is 0.372 e. The average molecular weight is 370 g/mol. The van der Waals surface area contributed by atoms with Crippen molar-refractivity contribution in [2.75, 3.05) is 0 Å². The Morgan fingerprint density at radius 3 is 2.57 bits per heavy atom. The Morgan fingerprint density at radius 1 is 1.29 bits per heavy atom. The summed E-state index contributed by atoms with van der Waals surface area (Å²) >= 11 is 9.06. The number of hydrogen-bond donors (Lipinski definition) is 1. The summed E-state index contributed by atoms with van der Waals surface area (Å²) in [6, 6.07) is 9.96. The largest absolute Gasteiger partial charge is 0.475 e. The van der Waals surface area contributed by atoms with Gasteiger partial charge in [0.1, 0.15) is 0 Å². The zero-order chi connectivity index (χ0) is 15.1. The van der Waals surface area contributed by atoms with Crippen LogP contribution >= 0.6 is 27.5 Å². The van der Waals surface area contributed by atoms with Gasteiger partial charge in [-0.3, -0.25) is 0 Å². The molecule has 0 bridgehead atoms. The van der Waals surface area contributed by atoms with E-state index in [-0.39, 0.29) is 27.3 Å². The highest BCUT2D eigenvalue weighted by Crippen LogP contribution is 2.41. The number of hydrogen-bond acceptors (Lipinski definition) is 2. The molecule has 3 rings (SSSR count). The van der Waals surface area contributed by atoms with Gasteiger partial charge in [0.25, 0.3) is 0 Å². The van der Waals surface area contributed by atoms with Gasteiger partial charge in [-0.1, -0.05) is 41.9 Å². The zero-order valence-electron chi connectivity index (χ0n) is 10.4. The van der Waals surface area contributed by atoms with Gasteiger partial charge in [0, 0.05) is 5.56 Å². The van der Waals surface area contributed by atoms with Crippen molar-refractivity contribution >= 4 is 44.5 Å². The molecule has 0 radical (unpaired) electrons. The second kappa shape index (κ2) is 5.16. The summed E-state index contributed by atoms with van der Waals surface area (Å²) < 4.78 is 20.1. The van der Waals surface area contributed by atoms with E-state index in [1.54, 1.807) is 30.3 Å². The van der Waals surface area contributed by atoms with Gasteiger partial charge >= 0.3 is 5.97 Å². The first-order valence-electron chi connectivity index (χ1n) is 5.89. The molecule has 0 unspecified atom stereocenters. The van der Waals surface area contributed by atoms with Crippen LogP contribution in [-0.2, 0) is 0 Å². The third-order valence-electron chi connectivity index (χ3n) is 3.06. The molecule has 0 amide bonds. The highest BCUT2D eigenvalue weighted by atomic mass is 79.9. The number of benzene rings is 2. The second-order valence-electron chi connectivity index (χ2n) is 4.34. The number of rotatable bonds is 2. The fourth-order valence-electron chi connectivity index (χ4n) is 2.20. The Balaban J connectivity index is 2.51. The van der Waals surface area contributed by atoms with E-state index < -0.39 is 11.8 Å². The van der Waals surface area contributed by atoms with Crippen LogP contribution in [0.5, 0.6) is 0 Å². The topological polar surface area (TPSA) is 50.4 Å². The van der Waals surface area contributed by atoms with E-state index in [0.29, 0.717) is 10.0 Å². The standard InChI is InChI=1S/C15H7BrClFO3/c16-8-6-9(17)12(18)11-10(7-4-2-1-3-5-7)14(15(19)20)21-13(8)11/h1-6H,(H,19,20). The Bertz CT molecular complexity index is 858. The molecule has 1 N–H and O–H groups in total. The molecule has 0 aliphatic carbocycles. The van der Waals surface area contributed by atoms with Crippen LogP contribution in [0, 0.1) is 5.82 Å². The SMILES string of the molecule is O=C(O)c1oc2c(Br)cc(Cl)c(F)c2c1-c1ccccc1. The van der Waals surface area contributed by atoms with Crippen LogP contribution in [0.4, 0.5) is 4.39 Å². The van der Waals surface area contributed by atoms with Crippen molar-refractivity contribution in [3.05, 3.63) is 57.5 Å². The van der Waals surface area contributed by atoms with Gasteiger partial charge in [0.15, 0.2) is 11.4 Å². The first-order valence-corrected chi connectivity index (χ1v) is 7.06. The van der Waals surface area contributed by atoms with Crippen LogP contribution in [-0.4, -0.2) is 11.1 Å². The molecule has 6 heteroatoms. The summed E-state index contributed by atoms with van der Waals surface area (Å²) in [4.78, 5) is 11.4. The van der Waals surface area contributed by atoms with Crippen molar-refractivity contribution in [3.63, 3.8) is 0 Å². The molecule has 0 atom stereocenters. The van der Waals surface area contributed by atoms with Gasteiger partial charge in [-0.2, -0.15) is 0 Å². The first kappa shape index (κ1) is 14.1. The van der Waals surface area contributed by atoms with Crippen molar-refractivity contribution in [1.29, 1.82) is 0 Å². The summed E-state index contributed by atoms with van der Waals surface area (Å²) in [7, 11) is 0. The predicted octanol–water partition coefficient (Wildman–Crippen LogP) is 5.35. The molecule has 3 nitrogen and oxygen atoms in total. The number of furan rings is 1. The summed E-state index contributed by atoms with van der Waals surface area (Å²) in [6.07, 6.45) is 0. The predicted molar refractivity (Wildman–Crippen MR) is 81.3 cm³/mol. The Morgan fingerprint density at radius 2 is 1.95 bits per heavy atom. The molecule has 1 heterocycles. The van der Waals surface area contributed by atoms with Crippen LogP contribution < -0.4 is 0 Å². The third kappa shape index (κ3) is 2.22. The minimum absolute atomic E-state index is 0.0537. The molecule has 0 aliphatic rings. The maximum absolute atomic E-state index is 14.4. The number of halogens is 3. The Kier molecular flexibility index (Phi) is 3.47. The fourth-order valence-corrected chi connectivity index (χ4v) is 3.04. The molecule has 106 valence electrons. The normalized spacial score (nSPS) is 11.0. The summed E-state index contributed by atoms with van der Waals surface area (Å²) in [5, 5.41) is 9.26. The van der Waals surface area contributed by atoms with Gasteiger partial charge < -0.3 is 9.52 Å². The lowest BCUT2D eigenvalue weighted by Gasteiger charge is -2.02. The number of fused-ring (bicyclic) bond motifs is 1. The Hall–Kier alpha value is -1.85. The van der Waals surface area contributed by atoms with Crippen molar-refractivity contribution in [2.45, 2.75) is 0 Å². The molecule has 1 aromatic heterocycles. The minimum atomic E-state index is -1.27. The van der Waals surface area contributed by atoms with E-state index in [9.17, 15) is 14.3 Å². The molecule has 0 fully saturated rings. The van der Waals surface area contributed by atoms with Gasteiger partial charge in [-0.15, -0.1) is 0 Å². The lowest BCUT2D eigenvalue weighted by molar-refractivity contribution is 0.0666. The van der Waals surface area contributed by atoms with E-state index in [2.05, 4.69) is 15.9 Å². The van der Waals surface area contributed by atoms with Crippen LogP contribution in [0.2, 0.25) is 5.02 Å². The molecule has 21 heavy (non-hydrogen) atoms. The van der Waals surface area contributed by atoms with E-state index >= 15 is 0 Å². The van der Waals surface area contributed by atoms with Gasteiger partial charge in [-0.25, -0.2) is 9.18 Å².